The normalized spacial score (nSPS) is 18.5. The van der Waals surface area contributed by atoms with Gasteiger partial charge in [-0.15, -0.1) is 0 Å². The zero-order valence-electron chi connectivity index (χ0n) is 18.3. The molecule has 2 unspecified atom stereocenters. The molecular weight excluding hydrogens is 354 g/mol. The SMILES string of the molecule is CCNC(=NCC(CC(C)C)N1CCOCC1)NCC(c1ccco1)N(C)C. The van der Waals surface area contributed by atoms with E-state index in [2.05, 4.69) is 55.3 Å². The summed E-state index contributed by atoms with van der Waals surface area (Å²) in [7, 11) is 4.13. The largest absolute Gasteiger partial charge is 0.468 e. The maximum atomic E-state index is 5.61. The van der Waals surface area contributed by atoms with Gasteiger partial charge < -0.3 is 19.8 Å². The fourth-order valence-corrected chi connectivity index (χ4v) is 3.58. The molecule has 0 saturated carbocycles. The fraction of sp³-hybridized carbons (Fsp3) is 0.762. The summed E-state index contributed by atoms with van der Waals surface area (Å²) in [6.07, 6.45) is 2.87. The van der Waals surface area contributed by atoms with E-state index in [0.717, 1.165) is 64.1 Å². The average molecular weight is 394 g/mol. The number of rotatable bonds is 10. The third-order valence-electron chi connectivity index (χ3n) is 5.07. The van der Waals surface area contributed by atoms with Crippen molar-refractivity contribution in [3.05, 3.63) is 24.2 Å². The summed E-state index contributed by atoms with van der Waals surface area (Å²) in [6, 6.07) is 4.57. The highest BCUT2D eigenvalue weighted by Crippen LogP contribution is 2.17. The van der Waals surface area contributed by atoms with Gasteiger partial charge in [-0.05, 0) is 45.5 Å². The smallest absolute Gasteiger partial charge is 0.191 e. The van der Waals surface area contributed by atoms with Gasteiger partial charge in [-0.25, -0.2) is 0 Å². The lowest BCUT2D eigenvalue weighted by Crippen LogP contribution is -2.47. The number of guanidine groups is 1. The Labute approximate surface area is 170 Å². The second-order valence-electron chi connectivity index (χ2n) is 8.03. The van der Waals surface area contributed by atoms with Crippen LogP contribution >= 0.6 is 0 Å². The van der Waals surface area contributed by atoms with Crippen molar-refractivity contribution in [3.63, 3.8) is 0 Å². The third kappa shape index (κ3) is 7.45. The van der Waals surface area contributed by atoms with Crippen molar-refractivity contribution in [2.24, 2.45) is 10.9 Å². The Bertz CT molecular complexity index is 553. The van der Waals surface area contributed by atoms with E-state index in [1.54, 1.807) is 6.26 Å². The van der Waals surface area contributed by atoms with Gasteiger partial charge >= 0.3 is 0 Å². The Morgan fingerprint density at radius 3 is 2.57 bits per heavy atom. The van der Waals surface area contributed by atoms with Crippen molar-refractivity contribution in [1.82, 2.24) is 20.4 Å². The van der Waals surface area contributed by atoms with Gasteiger partial charge in [0.25, 0.3) is 0 Å². The first-order chi connectivity index (χ1) is 13.5. The molecule has 0 aromatic carbocycles. The van der Waals surface area contributed by atoms with Crippen molar-refractivity contribution >= 4 is 5.96 Å². The molecule has 2 N–H and O–H groups in total. The van der Waals surface area contributed by atoms with Crippen LogP contribution in [0.5, 0.6) is 0 Å². The van der Waals surface area contributed by atoms with Crippen molar-refractivity contribution < 1.29 is 9.15 Å². The molecule has 7 heteroatoms. The highest BCUT2D eigenvalue weighted by molar-refractivity contribution is 5.79. The number of nitrogens with zero attached hydrogens (tertiary/aromatic N) is 3. The van der Waals surface area contributed by atoms with E-state index in [0.29, 0.717) is 12.0 Å². The van der Waals surface area contributed by atoms with Crippen LogP contribution in [0.4, 0.5) is 0 Å². The molecule has 1 fully saturated rings. The first kappa shape index (κ1) is 22.7. The topological polar surface area (TPSA) is 65.3 Å². The maximum absolute atomic E-state index is 5.61. The van der Waals surface area contributed by atoms with Gasteiger partial charge in [0.2, 0.25) is 0 Å². The predicted molar refractivity (Wildman–Crippen MR) is 115 cm³/mol. The Kier molecular flexibility index (Phi) is 9.81. The lowest BCUT2D eigenvalue weighted by molar-refractivity contribution is 0.0143. The molecule has 1 aliphatic rings. The van der Waals surface area contributed by atoms with E-state index in [9.17, 15) is 0 Å². The molecule has 7 nitrogen and oxygen atoms in total. The highest BCUT2D eigenvalue weighted by Gasteiger charge is 2.22. The van der Waals surface area contributed by atoms with Gasteiger partial charge in [-0.2, -0.15) is 0 Å². The first-order valence-electron chi connectivity index (χ1n) is 10.5. The van der Waals surface area contributed by atoms with Gasteiger partial charge in [0, 0.05) is 32.2 Å². The van der Waals surface area contributed by atoms with Crippen molar-refractivity contribution in [1.29, 1.82) is 0 Å². The number of aliphatic imine (C=N–C) groups is 1. The number of hydrogen-bond donors (Lipinski definition) is 2. The van der Waals surface area contributed by atoms with E-state index in [-0.39, 0.29) is 6.04 Å². The van der Waals surface area contributed by atoms with Crippen LogP contribution in [-0.4, -0.2) is 81.8 Å². The lowest BCUT2D eigenvalue weighted by Gasteiger charge is -2.34. The van der Waals surface area contributed by atoms with Gasteiger partial charge in [0.05, 0.1) is 32.1 Å². The van der Waals surface area contributed by atoms with Gasteiger partial charge in [0.1, 0.15) is 5.76 Å². The van der Waals surface area contributed by atoms with Crippen LogP contribution in [0, 0.1) is 5.92 Å². The third-order valence-corrected chi connectivity index (χ3v) is 5.07. The highest BCUT2D eigenvalue weighted by atomic mass is 16.5. The summed E-state index contributed by atoms with van der Waals surface area (Å²) in [6.45, 7) is 12.7. The number of ether oxygens (including phenoxy) is 1. The monoisotopic (exact) mass is 393 g/mol. The minimum absolute atomic E-state index is 0.157. The number of furan rings is 1. The van der Waals surface area contributed by atoms with Crippen LogP contribution in [0.25, 0.3) is 0 Å². The molecular formula is C21H39N5O2. The minimum Gasteiger partial charge on any atom is -0.468 e. The zero-order valence-corrected chi connectivity index (χ0v) is 18.3. The number of hydrogen-bond acceptors (Lipinski definition) is 5. The summed E-state index contributed by atoms with van der Waals surface area (Å²) in [5.74, 6) is 2.47. The molecule has 0 aliphatic carbocycles. The van der Waals surface area contributed by atoms with Crippen molar-refractivity contribution in [3.8, 4) is 0 Å². The Balaban J connectivity index is 1.99. The number of nitrogens with one attached hydrogen (secondary N) is 2. The molecule has 1 aliphatic heterocycles. The summed E-state index contributed by atoms with van der Waals surface area (Å²) < 4.78 is 11.1. The average Bonchev–Trinajstić information content (AvgIpc) is 3.19. The molecule has 28 heavy (non-hydrogen) atoms. The summed E-state index contributed by atoms with van der Waals surface area (Å²) in [5, 5.41) is 6.88. The van der Waals surface area contributed by atoms with E-state index in [4.69, 9.17) is 14.1 Å². The second kappa shape index (κ2) is 12.1. The molecule has 0 bridgehead atoms. The van der Waals surface area contributed by atoms with Crippen LogP contribution in [0.3, 0.4) is 0 Å². The molecule has 2 rings (SSSR count). The summed E-state index contributed by atoms with van der Waals surface area (Å²) in [4.78, 5) is 9.60. The van der Waals surface area contributed by atoms with Gasteiger partial charge in [0.15, 0.2) is 5.96 Å². The molecule has 0 spiro atoms. The summed E-state index contributed by atoms with van der Waals surface area (Å²) in [5.41, 5.74) is 0. The van der Waals surface area contributed by atoms with Gasteiger partial charge in [-0.1, -0.05) is 13.8 Å². The van der Waals surface area contributed by atoms with Crippen LogP contribution in [-0.2, 0) is 4.74 Å². The molecule has 2 atom stereocenters. The minimum atomic E-state index is 0.157. The maximum Gasteiger partial charge on any atom is 0.191 e. The van der Waals surface area contributed by atoms with Crippen LogP contribution in [0.1, 0.15) is 39.0 Å². The summed E-state index contributed by atoms with van der Waals surface area (Å²) >= 11 is 0. The second-order valence-corrected chi connectivity index (χ2v) is 8.03. The molecule has 1 aromatic rings. The van der Waals surface area contributed by atoms with E-state index < -0.39 is 0 Å². The van der Waals surface area contributed by atoms with Gasteiger partial charge in [-0.3, -0.25) is 14.8 Å². The number of likely N-dealkylation sites (N-methyl/N-ethyl adjacent to an activating group) is 1. The Morgan fingerprint density at radius 1 is 1.25 bits per heavy atom. The van der Waals surface area contributed by atoms with Crippen LogP contribution in [0.15, 0.2) is 27.8 Å². The first-order valence-corrected chi connectivity index (χ1v) is 10.5. The molecule has 0 amide bonds. The quantitative estimate of drug-likeness (QED) is 0.469. The van der Waals surface area contributed by atoms with Crippen LogP contribution < -0.4 is 10.6 Å². The van der Waals surface area contributed by atoms with Crippen LogP contribution in [0.2, 0.25) is 0 Å². The van der Waals surface area contributed by atoms with Crippen molar-refractivity contribution in [2.45, 2.75) is 39.3 Å². The Hall–Kier alpha value is -1.57. The standard InChI is InChI=1S/C21H39N5O2/c1-6-22-21(24-16-19(25(4)5)20-8-7-11-28-20)23-15-18(14-17(2)3)26-9-12-27-13-10-26/h7-8,11,17-19H,6,9-10,12-16H2,1-5H3,(H2,22,23,24). The lowest BCUT2D eigenvalue weighted by atomic mass is 10.0. The fourth-order valence-electron chi connectivity index (χ4n) is 3.58. The van der Waals surface area contributed by atoms with Crippen molar-refractivity contribution in [2.75, 3.05) is 60.0 Å². The number of morpholine rings is 1. The zero-order chi connectivity index (χ0) is 20.4. The predicted octanol–water partition coefficient (Wildman–Crippen LogP) is 2.18. The molecule has 160 valence electrons. The van der Waals surface area contributed by atoms with E-state index in [1.807, 2.05) is 12.1 Å². The van der Waals surface area contributed by atoms with E-state index in [1.165, 1.54) is 0 Å². The molecule has 0 radical (unpaired) electrons. The van der Waals surface area contributed by atoms with E-state index >= 15 is 0 Å². The molecule has 1 saturated heterocycles. The molecule has 2 heterocycles. The molecule has 1 aromatic heterocycles. The Morgan fingerprint density at radius 2 is 2.00 bits per heavy atom.